The van der Waals surface area contributed by atoms with Crippen LogP contribution in [0.25, 0.3) is 0 Å². The Morgan fingerprint density at radius 3 is 2.00 bits per heavy atom. The lowest BCUT2D eigenvalue weighted by Crippen LogP contribution is -2.38. The highest BCUT2D eigenvalue weighted by molar-refractivity contribution is 5.21. The van der Waals surface area contributed by atoms with Crippen LogP contribution in [-0.4, -0.2) is 6.04 Å². The minimum Gasteiger partial charge on any atom is -0.307 e. The van der Waals surface area contributed by atoms with Gasteiger partial charge in [0, 0.05) is 12.1 Å². The van der Waals surface area contributed by atoms with E-state index in [1.807, 2.05) is 12.1 Å². The van der Waals surface area contributed by atoms with Crippen molar-refractivity contribution in [2.24, 2.45) is 11.3 Å². The van der Waals surface area contributed by atoms with E-state index in [4.69, 9.17) is 0 Å². The van der Waals surface area contributed by atoms with Gasteiger partial charge in [-0.1, -0.05) is 46.8 Å². The first-order valence-corrected chi connectivity index (χ1v) is 7.21. The van der Waals surface area contributed by atoms with Crippen molar-refractivity contribution >= 4 is 0 Å². The maximum atomic E-state index is 13.1. The minimum absolute atomic E-state index is 0.100. The third-order valence-electron chi connectivity index (χ3n) is 3.35. The quantitative estimate of drug-likeness (QED) is 0.795. The molecule has 108 valence electrons. The molecule has 0 aliphatic carbocycles. The molecule has 0 aromatic heterocycles. The Balaban J connectivity index is 2.87. The van der Waals surface area contributed by atoms with Gasteiger partial charge in [-0.05, 0) is 42.4 Å². The fourth-order valence-electron chi connectivity index (χ4n) is 2.56. The number of halogens is 1. The van der Waals surface area contributed by atoms with Gasteiger partial charge in [0.1, 0.15) is 5.82 Å². The van der Waals surface area contributed by atoms with Gasteiger partial charge in [0.05, 0.1) is 0 Å². The topological polar surface area (TPSA) is 12.0 Å². The summed E-state index contributed by atoms with van der Waals surface area (Å²) in [6.45, 7) is 13.4. The van der Waals surface area contributed by atoms with Crippen LogP contribution >= 0.6 is 0 Å². The third-order valence-corrected chi connectivity index (χ3v) is 3.35. The standard InChI is InChI=1S/C17H28FN/c1-12(2)11-13(3)19-16(17(4,5)6)14-7-9-15(18)10-8-14/h7-10,12-13,16,19H,11H2,1-6H3. The van der Waals surface area contributed by atoms with Crippen LogP contribution in [0.2, 0.25) is 0 Å². The van der Waals surface area contributed by atoms with Crippen molar-refractivity contribution in [2.75, 3.05) is 0 Å². The van der Waals surface area contributed by atoms with Crippen LogP contribution < -0.4 is 5.32 Å². The molecular weight excluding hydrogens is 237 g/mol. The maximum Gasteiger partial charge on any atom is 0.123 e. The summed E-state index contributed by atoms with van der Waals surface area (Å²) in [7, 11) is 0. The number of nitrogens with one attached hydrogen (secondary N) is 1. The first-order chi connectivity index (χ1) is 8.70. The Bertz CT molecular complexity index is 375. The molecule has 0 aliphatic rings. The lowest BCUT2D eigenvalue weighted by atomic mass is 9.81. The van der Waals surface area contributed by atoms with E-state index in [9.17, 15) is 4.39 Å². The summed E-state index contributed by atoms with van der Waals surface area (Å²) in [5.74, 6) is 0.503. The molecule has 1 aromatic carbocycles. The molecule has 2 unspecified atom stereocenters. The number of benzene rings is 1. The van der Waals surface area contributed by atoms with E-state index >= 15 is 0 Å². The Morgan fingerprint density at radius 1 is 1.05 bits per heavy atom. The zero-order valence-electron chi connectivity index (χ0n) is 13.1. The second-order valence-electron chi connectivity index (χ2n) is 7.05. The molecule has 0 bridgehead atoms. The summed E-state index contributed by atoms with van der Waals surface area (Å²) in [6, 6.07) is 7.56. The van der Waals surface area contributed by atoms with Crippen molar-refractivity contribution in [3.05, 3.63) is 35.6 Å². The van der Waals surface area contributed by atoms with Crippen molar-refractivity contribution in [3.8, 4) is 0 Å². The van der Waals surface area contributed by atoms with Crippen LogP contribution in [0, 0.1) is 17.2 Å². The average molecular weight is 265 g/mol. The van der Waals surface area contributed by atoms with E-state index in [1.165, 1.54) is 0 Å². The molecule has 1 rings (SSSR count). The lowest BCUT2D eigenvalue weighted by Gasteiger charge is -2.35. The van der Waals surface area contributed by atoms with Crippen molar-refractivity contribution in [2.45, 2.75) is 60.0 Å². The van der Waals surface area contributed by atoms with Crippen LogP contribution in [0.5, 0.6) is 0 Å². The van der Waals surface area contributed by atoms with Gasteiger partial charge < -0.3 is 5.32 Å². The molecule has 1 nitrogen and oxygen atoms in total. The molecule has 0 spiro atoms. The van der Waals surface area contributed by atoms with Gasteiger partial charge in [-0.15, -0.1) is 0 Å². The molecule has 2 heteroatoms. The smallest absolute Gasteiger partial charge is 0.123 e. The molecule has 2 atom stereocenters. The summed E-state index contributed by atoms with van der Waals surface area (Å²) >= 11 is 0. The SMILES string of the molecule is CC(C)CC(C)NC(c1ccc(F)cc1)C(C)(C)C. The van der Waals surface area contributed by atoms with Crippen molar-refractivity contribution in [1.29, 1.82) is 0 Å². The van der Waals surface area contributed by atoms with Gasteiger partial charge in [-0.2, -0.15) is 0 Å². The second kappa shape index (κ2) is 6.51. The van der Waals surface area contributed by atoms with Crippen LogP contribution in [0.4, 0.5) is 4.39 Å². The zero-order valence-corrected chi connectivity index (χ0v) is 13.1. The highest BCUT2D eigenvalue weighted by Gasteiger charge is 2.27. The fourth-order valence-corrected chi connectivity index (χ4v) is 2.56. The average Bonchev–Trinajstić information content (AvgIpc) is 2.25. The third kappa shape index (κ3) is 5.32. The van der Waals surface area contributed by atoms with Gasteiger partial charge in [-0.3, -0.25) is 0 Å². The van der Waals surface area contributed by atoms with E-state index in [0.29, 0.717) is 12.0 Å². The lowest BCUT2D eigenvalue weighted by molar-refractivity contribution is 0.242. The molecular formula is C17H28FN. The van der Waals surface area contributed by atoms with E-state index in [1.54, 1.807) is 12.1 Å². The molecule has 0 heterocycles. The van der Waals surface area contributed by atoms with Crippen LogP contribution in [-0.2, 0) is 0 Å². The van der Waals surface area contributed by atoms with E-state index < -0.39 is 0 Å². The van der Waals surface area contributed by atoms with Gasteiger partial charge in [0.2, 0.25) is 0 Å². The van der Waals surface area contributed by atoms with Crippen LogP contribution in [0.1, 0.15) is 59.6 Å². The summed E-state index contributed by atoms with van der Waals surface area (Å²) < 4.78 is 13.1. The van der Waals surface area contributed by atoms with Gasteiger partial charge in [0.15, 0.2) is 0 Å². The Labute approximate surface area is 117 Å². The minimum atomic E-state index is -0.174. The molecule has 0 saturated carbocycles. The first kappa shape index (κ1) is 16.2. The number of hydrogen-bond donors (Lipinski definition) is 1. The zero-order chi connectivity index (χ0) is 14.6. The largest absolute Gasteiger partial charge is 0.307 e. The van der Waals surface area contributed by atoms with Crippen LogP contribution in [0.15, 0.2) is 24.3 Å². The highest BCUT2D eigenvalue weighted by atomic mass is 19.1. The summed E-state index contributed by atoms with van der Waals surface area (Å²) in [5, 5.41) is 3.70. The number of rotatable bonds is 5. The maximum absolute atomic E-state index is 13.1. The highest BCUT2D eigenvalue weighted by Crippen LogP contribution is 2.33. The molecule has 1 N–H and O–H groups in total. The van der Waals surface area contributed by atoms with Crippen molar-refractivity contribution in [3.63, 3.8) is 0 Å². The summed E-state index contributed by atoms with van der Waals surface area (Å²) in [6.07, 6.45) is 1.15. The Hall–Kier alpha value is -0.890. The molecule has 0 fully saturated rings. The first-order valence-electron chi connectivity index (χ1n) is 7.21. The van der Waals surface area contributed by atoms with Crippen LogP contribution in [0.3, 0.4) is 0 Å². The fraction of sp³-hybridized carbons (Fsp3) is 0.647. The second-order valence-corrected chi connectivity index (χ2v) is 7.05. The summed E-state index contributed by atoms with van der Waals surface area (Å²) in [5.41, 5.74) is 1.26. The van der Waals surface area contributed by atoms with Gasteiger partial charge in [0.25, 0.3) is 0 Å². The Kier molecular flexibility index (Phi) is 5.54. The molecule has 19 heavy (non-hydrogen) atoms. The van der Waals surface area contributed by atoms with Gasteiger partial charge >= 0.3 is 0 Å². The molecule has 0 radical (unpaired) electrons. The summed E-state index contributed by atoms with van der Waals surface area (Å²) in [4.78, 5) is 0. The van der Waals surface area contributed by atoms with E-state index in [-0.39, 0.29) is 17.3 Å². The molecule has 0 aliphatic heterocycles. The Morgan fingerprint density at radius 2 is 1.58 bits per heavy atom. The van der Waals surface area contributed by atoms with E-state index in [0.717, 1.165) is 12.0 Å². The van der Waals surface area contributed by atoms with Crippen molar-refractivity contribution in [1.82, 2.24) is 5.32 Å². The predicted octanol–water partition coefficient (Wildman–Crippen LogP) is 4.94. The monoisotopic (exact) mass is 265 g/mol. The van der Waals surface area contributed by atoms with Crippen molar-refractivity contribution < 1.29 is 4.39 Å². The normalized spacial score (nSPS) is 15.6. The predicted molar refractivity (Wildman–Crippen MR) is 80.6 cm³/mol. The molecule has 0 saturated heterocycles. The molecule has 1 aromatic rings. The molecule has 0 amide bonds. The van der Waals surface area contributed by atoms with E-state index in [2.05, 4.69) is 46.9 Å². The number of hydrogen-bond acceptors (Lipinski definition) is 1. The van der Waals surface area contributed by atoms with Gasteiger partial charge in [-0.25, -0.2) is 4.39 Å².